The third-order valence-corrected chi connectivity index (χ3v) is 3.14. The quantitative estimate of drug-likeness (QED) is 0.788. The molecule has 1 saturated heterocycles. The number of rotatable bonds is 5. The lowest BCUT2D eigenvalue weighted by Gasteiger charge is -2.35. The Labute approximate surface area is 107 Å². The van der Waals surface area contributed by atoms with Gasteiger partial charge >= 0.3 is 0 Å². The molecule has 1 aromatic rings. The lowest BCUT2D eigenvalue weighted by molar-refractivity contribution is -0.139. The average molecular weight is 253 g/mol. The van der Waals surface area contributed by atoms with E-state index in [1.807, 2.05) is 11.0 Å². The van der Waals surface area contributed by atoms with E-state index in [9.17, 15) is 4.79 Å². The number of carbonyl (C=O) groups excluding carboxylic acids is 1. The first-order chi connectivity index (χ1) is 8.81. The summed E-state index contributed by atoms with van der Waals surface area (Å²) < 4.78 is 15.5. The van der Waals surface area contributed by atoms with Gasteiger partial charge in [0.15, 0.2) is 0 Å². The third-order valence-electron chi connectivity index (χ3n) is 3.14. The van der Waals surface area contributed by atoms with Crippen molar-refractivity contribution in [3.8, 4) is 0 Å². The maximum Gasteiger partial charge on any atom is 0.227 e. The van der Waals surface area contributed by atoms with Crippen molar-refractivity contribution in [3.05, 3.63) is 24.2 Å². The number of carbonyl (C=O) groups is 1. The van der Waals surface area contributed by atoms with Crippen molar-refractivity contribution in [3.63, 3.8) is 0 Å². The van der Waals surface area contributed by atoms with Gasteiger partial charge in [-0.3, -0.25) is 4.79 Å². The summed E-state index contributed by atoms with van der Waals surface area (Å²) in [6.45, 7) is 2.51. The second-order valence-corrected chi connectivity index (χ2v) is 4.41. The van der Waals surface area contributed by atoms with Gasteiger partial charge < -0.3 is 18.8 Å². The molecule has 1 atom stereocenters. The minimum absolute atomic E-state index is 0.123. The van der Waals surface area contributed by atoms with E-state index in [4.69, 9.17) is 13.9 Å². The van der Waals surface area contributed by atoms with Crippen molar-refractivity contribution in [1.29, 1.82) is 0 Å². The summed E-state index contributed by atoms with van der Waals surface area (Å²) in [6.07, 6.45) is 4.40. The van der Waals surface area contributed by atoms with Crippen LogP contribution in [0.4, 0.5) is 0 Å². The van der Waals surface area contributed by atoms with Crippen LogP contribution < -0.4 is 0 Å². The molecule has 0 bridgehead atoms. The molecule has 0 aliphatic carbocycles. The van der Waals surface area contributed by atoms with E-state index in [1.54, 1.807) is 19.6 Å². The maximum atomic E-state index is 12.2. The molecule has 0 saturated carbocycles. The summed E-state index contributed by atoms with van der Waals surface area (Å²) in [5.41, 5.74) is 0.914. The summed E-state index contributed by atoms with van der Waals surface area (Å²) in [4.78, 5) is 14.1. The van der Waals surface area contributed by atoms with Gasteiger partial charge in [-0.05, 0) is 18.1 Å². The highest BCUT2D eigenvalue weighted by molar-refractivity contribution is 5.79. The van der Waals surface area contributed by atoms with Crippen LogP contribution in [0.5, 0.6) is 0 Å². The van der Waals surface area contributed by atoms with Crippen LogP contribution >= 0.6 is 0 Å². The van der Waals surface area contributed by atoms with E-state index < -0.39 is 0 Å². The smallest absolute Gasteiger partial charge is 0.227 e. The Balaban J connectivity index is 1.92. The fourth-order valence-electron chi connectivity index (χ4n) is 2.15. The molecule has 0 spiro atoms. The average Bonchev–Trinajstić information content (AvgIpc) is 2.89. The highest BCUT2D eigenvalue weighted by atomic mass is 16.5. The van der Waals surface area contributed by atoms with Gasteiger partial charge in [0.25, 0.3) is 0 Å². The van der Waals surface area contributed by atoms with Crippen LogP contribution in [0, 0.1) is 0 Å². The SMILES string of the molecule is COCCC1COCCN1C(=O)Cc1ccoc1. The van der Waals surface area contributed by atoms with Crippen molar-refractivity contribution in [2.75, 3.05) is 33.5 Å². The Morgan fingerprint density at radius 3 is 3.22 bits per heavy atom. The molecule has 100 valence electrons. The van der Waals surface area contributed by atoms with E-state index in [0.717, 1.165) is 12.0 Å². The zero-order valence-corrected chi connectivity index (χ0v) is 10.6. The lowest BCUT2D eigenvalue weighted by atomic mass is 10.1. The van der Waals surface area contributed by atoms with Gasteiger partial charge in [0.2, 0.25) is 5.91 Å². The van der Waals surface area contributed by atoms with Crippen LogP contribution in [-0.4, -0.2) is 50.3 Å². The first-order valence-electron chi connectivity index (χ1n) is 6.18. The number of methoxy groups -OCH3 is 1. The molecule has 0 aromatic carbocycles. The molecule has 1 unspecified atom stereocenters. The van der Waals surface area contributed by atoms with E-state index in [1.165, 1.54) is 0 Å². The number of amides is 1. The molecule has 18 heavy (non-hydrogen) atoms. The van der Waals surface area contributed by atoms with E-state index in [0.29, 0.717) is 32.8 Å². The molecule has 2 heterocycles. The van der Waals surface area contributed by atoms with Crippen molar-refractivity contribution in [1.82, 2.24) is 4.90 Å². The molecule has 5 nitrogen and oxygen atoms in total. The predicted molar refractivity (Wildman–Crippen MR) is 65.2 cm³/mol. The Morgan fingerprint density at radius 2 is 2.50 bits per heavy atom. The van der Waals surface area contributed by atoms with Gasteiger partial charge in [0.05, 0.1) is 38.2 Å². The summed E-state index contributed by atoms with van der Waals surface area (Å²) >= 11 is 0. The van der Waals surface area contributed by atoms with Crippen molar-refractivity contribution in [2.24, 2.45) is 0 Å². The Morgan fingerprint density at radius 1 is 1.61 bits per heavy atom. The predicted octanol–water partition coefficient (Wildman–Crippen LogP) is 1.09. The fraction of sp³-hybridized carbons (Fsp3) is 0.615. The molecule has 1 aliphatic heterocycles. The first-order valence-corrected chi connectivity index (χ1v) is 6.18. The molecule has 1 amide bonds. The molecule has 1 aliphatic rings. The Hall–Kier alpha value is -1.33. The molecule has 1 fully saturated rings. The second-order valence-electron chi connectivity index (χ2n) is 4.41. The normalized spacial score (nSPS) is 20.1. The highest BCUT2D eigenvalue weighted by Crippen LogP contribution is 2.13. The summed E-state index contributed by atoms with van der Waals surface area (Å²) in [5, 5.41) is 0. The van der Waals surface area contributed by atoms with E-state index >= 15 is 0 Å². The molecular formula is C13H19NO4. The van der Waals surface area contributed by atoms with Crippen LogP contribution in [0.1, 0.15) is 12.0 Å². The van der Waals surface area contributed by atoms with Crippen LogP contribution in [0.25, 0.3) is 0 Å². The highest BCUT2D eigenvalue weighted by Gasteiger charge is 2.26. The molecule has 5 heteroatoms. The maximum absolute atomic E-state index is 12.2. The fourth-order valence-corrected chi connectivity index (χ4v) is 2.15. The van der Waals surface area contributed by atoms with Gasteiger partial charge in [-0.25, -0.2) is 0 Å². The Kier molecular flexibility index (Phi) is 4.78. The van der Waals surface area contributed by atoms with E-state index in [2.05, 4.69) is 0 Å². The number of morpholine rings is 1. The van der Waals surface area contributed by atoms with Gasteiger partial charge in [-0.1, -0.05) is 0 Å². The van der Waals surface area contributed by atoms with Crippen LogP contribution in [0.15, 0.2) is 23.0 Å². The third kappa shape index (κ3) is 3.34. The number of hydrogen-bond donors (Lipinski definition) is 0. The van der Waals surface area contributed by atoms with Gasteiger partial charge in [0.1, 0.15) is 0 Å². The summed E-state index contributed by atoms with van der Waals surface area (Å²) in [7, 11) is 1.67. The number of hydrogen-bond acceptors (Lipinski definition) is 4. The van der Waals surface area contributed by atoms with Crippen LogP contribution in [0.3, 0.4) is 0 Å². The monoisotopic (exact) mass is 253 g/mol. The minimum atomic E-state index is 0.123. The molecular weight excluding hydrogens is 234 g/mol. The molecule has 0 N–H and O–H groups in total. The summed E-state index contributed by atoms with van der Waals surface area (Å²) in [5.74, 6) is 0.126. The molecule has 1 aromatic heterocycles. The standard InChI is InChI=1S/C13H19NO4/c1-16-5-3-12-10-18-7-4-14(12)13(15)8-11-2-6-17-9-11/h2,6,9,12H,3-5,7-8,10H2,1H3. The second kappa shape index (κ2) is 6.56. The zero-order chi connectivity index (χ0) is 12.8. The Bertz CT molecular complexity index is 363. The van der Waals surface area contributed by atoms with Crippen LogP contribution in [0.2, 0.25) is 0 Å². The molecule has 2 rings (SSSR count). The van der Waals surface area contributed by atoms with Gasteiger partial charge in [-0.15, -0.1) is 0 Å². The van der Waals surface area contributed by atoms with Gasteiger partial charge in [0, 0.05) is 20.3 Å². The van der Waals surface area contributed by atoms with E-state index in [-0.39, 0.29) is 11.9 Å². The molecule has 0 radical (unpaired) electrons. The number of furan rings is 1. The lowest BCUT2D eigenvalue weighted by Crippen LogP contribution is -2.49. The summed E-state index contributed by atoms with van der Waals surface area (Å²) in [6, 6.07) is 1.95. The largest absolute Gasteiger partial charge is 0.472 e. The van der Waals surface area contributed by atoms with Crippen LogP contribution in [-0.2, 0) is 20.7 Å². The topological polar surface area (TPSA) is 51.9 Å². The minimum Gasteiger partial charge on any atom is -0.472 e. The zero-order valence-electron chi connectivity index (χ0n) is 10.6. The first kappa shape index (κ1) is 13.1. The van der Waals surface area contributed by atoms with Crippen molar-refractivity contribution in [2.45, 2.75) is 18.9 Å². The van der Waals surface area contributed by atoms with Crippen molar-refractivity contribution < 1.29 is 18.7 Å². The van der Waals surface area contributed by atoms with Gasteiger partial charge in [-0.2, -0.15) is 0 Å². The van der Waals surface area contributed by atoms with Crippen molar-refractivity contribution >= 4 is 5.91 Å². The number of ether oxygens (including phenoxy) is 2. The number of nitrogens with zero attached hydrogens (tertiary/aromatic N) is 1.